The molecule has 0 aliphatic rings. The Labute approximate surface area is 176 Å². The van der Waals surface area contributed by atoms with Gasteiger partial charge < -0.3 is 13.9 Å². The molecule has 2 aromatic heterocycles. The van der Waals surface area contributed by atoms with Crippen LogP contribution >= 0.6 is 22.9 Å². The molecule has 3 rings (SSSR count). The molecule has 1 amide bonds. The van der Waals surface area contributed by atoms with E-state index in [-0.39, 0.29) is 24.8 Å². The van der Waals surface area contributed by atoms with E-state index in [4.69, 9.17) is 25.5 Å². The fourth-order valence-electron chi connectivity index (χ4n) is 2.40. The predicted octanol–water partition coefficient (Wildman–Crippen LogP) is 4.63. The van der Waals surface area contributed by atoms with Crippen LogP contribution in [0.2, 0.25) is 5.02 Å². The quantitative estimate of drug-likeness (QED) is 0.519. The van der Waals surface area contributed by atoms with Crippen LogP contribution in [0.4, 0.5) is 5.13 Å². The number of rotatable bonds is 8. The third kappa shape index (κ3) is 5.82. The van der Waals surface area contributed by atoms with Gasteiger partial charge >= 0.3 is 5.97 Å². The summed E-state index contributed by atoms with van der Waals surface area (Å²) in [4.78, 5) is 28.0. The number of nitrogens with one attached hydrogen (secondary N) is 1. The highest BCUT2D eigenvalue weighted by Gasteiger charge is 2.15. The number of furan rings is 1. The van der Waals surface area contributed by atoms with Crippen LogP contribution in [-0.2, 0) is 22.6 Å². The van der Waals surface area contributed by atoms with E-state index in [0.717, 1.165) is 5.56 Å². The van der Waals surface area contributed by atoms with Crippen molar-refractivity contribution < 1.29 is 23.5 Å². The predicted molar refractivity (Wildman–Crippen MR) is 110 cm³/mol. The molecule has 7 nitrogen and oxygen atoms in total. The van der Waals surface area contributed by atoms with E-state index in [0.29, 0.717) is 34.0 Å². The standard InChI is InChI=1S/C20H19ClN2O5S/c1-3-26-18(24)9-13-11-29-20(22-13)23-19(25)17-7-5-15(28-17)10-27-14-4-6-16(21)12(2)8-14/h4-8,11H,3,9-10H2,1-2H3,(H,22,23,25). The largest absolute Gasteiger partial charge is 0.486 e. The van der Waals surface area contributed by atoms with Gasteiger partial charge in [0.1, 0.15) is 18.1 Å². The van der Waals surface area contributed by atoms with Crippen molar-refractivity contribution in [3.8, 4) is 5.75 Å². The van der Waals surface area contributed by atoms with Gasteiger partial charge in [0.05, 0.1) is 18.7 Å². The monoisotopic (exact) mass is 434 g/mol. The molecule has 1 aromatic carbocycles. The first kappa shape index (κ1) is 20.9. The van der Waals surface area contributed by atoms with Crippen molar-refractivity contribution in [2.24, 2.45) is 0 Å². The van der Waals surface area contributed by atoms with Gasteiger partial charge in [-0.1, -0.05) is 11.6 Å². The Morgan fingerprint density at radius 3 is 2.86 bits per heavy atom. The van der Waals surface area contributed by atoms with E-state index in [2.05, 4.69) is 10.3 Å². The van der Waals surface area contributed by atoms with E-state index in [9.17, 15) is 9.59 Å². The molecule has 0 aliphatic carbocycles. The van der Waals surface area contributed by atoms with Gasteiger partial charge in [-0.3, -0.25) is 14.9 Å². The summed E-state index contributed by atoms with van der Waals surface area (Å²) >= 11 is 7.22. The number of nitrogens with zero attached hydrogens (tertiary/aromatic N) is 1. The first-order valence-corrected chi connectivity index (χ1v) is 10.1. The number of amides is 1. The molecule has 0 saturated carbocycles. The first-order chi connectivity index (χ1) is 13.9. The second-order valence-corrected chi connectivity index (χ2v) is 7.31. The Balaban J connectivity index is 1.54. The van der Waals surface area contributed by atoms with Crippen LogP contribution < -0.4 is 10.1 Å². The third-order valence-electron chi connectivity index (χ3n) is 3.80. The van der Waals surface area contributed by atoms with Crippen molar-refractivity contribution in [2.75, 3.05) is 11.9 Å². The topological polar surface area (TPSA) is 90.7 Å². The summed E-state index contributed by atoms with van der Waals surface area (Å²) in [5.41, 5.74) is 1.45. The summed E-state index contributed by atoms with van der Waals surface area (Å²) in [6.07, 6.45) is 0.0621. The summed E-state index contributed by atoms with van der Waals surface area (Å²) in [6.45, 7) is 4.12. The van der Waals surface area contributed by atoms with Gasteiger partial charge in [0.2, 0.25) is 0 Å². The van der Waals surface area contributed by atoms with Crippen LogP contribution in [-0.4, -0.2) is 23.5 Å². The number of carbonyl (C=O) groups excluding carboxylic acids is 2. The molecule has 3 aromatic rings. The van der Waals surface area contributed by atoms with Gasteiger partial charge in [-0.05, 0) is 49.7 Å². The van der Waals surface area contributed by atoms with E-state index >= 15 is 0 Å². The summed E-state index contributed by atoms with van der Waals surface area (Å²) in [5, 5.41) is 5.39. The molecule has 0 spiro atoms. The van der Waals surface area contributed by atoms with Gasteiger partial charge in [0.25, 0.3) is 5.91 Å². The minimum absolute atomic E-state index is 0.0621. The number of thiazole rings is 1. The number of benzene rings is 1. The second-order valence-electron chi connectivity index (χ2n) is 6.05. The van der Waals surface area contributed by atoms with Gasteiger partial charge in [-0.25, -0.2) is 4.98 Å². The minimum Gasteiger partial charge on any atom is -0.486 e. The van der Waals surface area contributed by atoms with Crippen molar-refractivity contribution in [1.29, 1.82) is 0 Å². The molecule has 0 unspecified atom stereocenters. The summed E-state index contributed by atoms with van der Waals surface area (Å²) in [5.74, 6) is 0.506. The normalized spacial score (nSPS) is 10.6. The Hall–Kier alpha value is -2.84. The average Bonchev–Trinajstić information content (AvgIpc) is 3.32. The van der Waals surface area contributed by atoms with Crippen LogP contribution in [0, 0.1) is 6.92 Å². The lowest BCUT2D eigenvalue weighted by atomic mass is 10.2. The number of ether oxygens (including phenoxy) is 2. The van der Waals surface area contributed by atoms with E-state index in [1.807, 2.05) is 13.0 Å². The fraction of sp³-hybridized carbons (Fsp3) is 0.250. The molecule has 152 valence electrons. The summed E-state index contributed by atoms with van der Waals surface area (Å²) in [6, 6.07) is 8.59. The molecule has 29 heavy (non-hydrogen) atoms. The molecular weight excluding hydrogens is 416 g/mol. The Morgan fingerprint density at radius 2 is 2.10 bits per heavy atom. The molecule has 0 radical (unpaired) electrons. The van der Waals surface area contributed by atoms with Crippen molar-refractivity contribution in [3.63, 3.8) is 0 Å². The van der Waals surface area contributed by atoms with Crippen LogP contribution in [0.5, 0.6) is 5.75 Å². The Bertz CT molecular complexity index is 1010. The zero-order chi connectivity index (χ0) is 20.8. The van der Waals surface area contributed by atoms with Gasteiger partial charge in [-0.2, -0.15) is 0 Å². The number of anilines is 1. The molecule has 0 bridgehead atoms. The number of halogens is 1. The van der Waals surface area contributed by atoms with E-state index in [1.54, 1.807) is 36.6 Å². The molecule has 0 atom stereocenters. The maximum Gasteiger partial charge on any atom is 0.311 e. The maximum atomic E-state index is 12.3. The number of carbonyl (C=O) groups is 2. The zero-order valence-corrected chi connectivity index (χ0v) is 17.4. The lowest BCUT2D eigenvalue weighted by molar-refractivity contribution is -0.142. The number of hydrogen-bond acceptors (Lipinski definition) is 7. The highest BCUT2D eigenvalue weighted by atomic mass is 35.5. The number of aryl methyl sites for hydroxylation is 1. The van der Waals surface area contributed by atoms with E-state index < -0.39 is 5.91 Å². The van der Waals surface area contributed by atoms with Gasteiger partial charge in [-0.15, -0.1) is 11.3 Å². The number of esters is 1. The van der Waals surface area contributed by atoms with Crippen LogP contribution in [0.15, 0.2) is 40.1 Å². The lowest BCUT2D eigenvalue weighted by Gasteiger charge is -2.06. The molecule has 9 heteroatoms. The highest BCUT2D eigenvalue weighted by molar-refractivity contribution is 7.14. The van der Waals surface area contributed by atoms with Gasteiger partial charge in [0.15, 0.2) is 10.9 Å². The van der Waals surface area contributed by atoms with Gasteiger partial charge in [0, 0.05) is 10.4 Å². The summed E-state index contributed by atoms with van der Waals surface area (Å²) < 4.78 is 16.1. The molecule has 0 fully saturated rings. The highest BCUT2D eigenvalue weighted by Crippen LogP contribution is 2.22. The summed E-state index contributed by atoms with van der Waals surface area (Å²) in [7, 11) is 0. The van der Waals surface area contributed by atoms with Crippen molar-refractivity contribution in [3.05, 3.63) is 63.5 Å². The number of aromatic nitrogens is 1. The third-order valence-corrected chi connectivity index (χ3v) is 5.03. The first-order valence-electron chi connectivity index (χ1n) is 8.83. The smallest absolute Gasteiger partial charge is 0.311 e. The Morgan fingerprint density at radius 1 is 1.28 bits per heavy atom. The van der Waals surface area contributed by atoms with Crippen LogP contribution in [0.3, 0.4) is 0 Å². The van der Waals surface area contributed by atoms with Crippen LogP contribution in [0.1, 0.15) is 34.5 Å². The minimum atomic E-state index is -0.435. The van der Waals surface area contributed by atoms with Crippen molar-refractivity contribution in [2.45, 2.75) is 26.9 Å². The second kappa shape index (κ2) is 9.58. The molecule has 1 N–H and O–H groups in total. The van der Waals surface area contributed by atoms with Crippen molar-refractivity contribution >= 4 is 39.9 Å². The molecular formula is C20H19ClN2O5S. The van der Waals surface area contributed by atoms with Crippen molar-refractivity contribution in [1.82, 2.24) is 4.98 Å². The SMILES string of the molecule is CCOC(=O)Cc1csc(NC(=O)c2ccc(COc3ccc(Cl)c(C)c3)o2)n1. The Kier molecular flexibility index (Phi) is 6.90. The zero-order valence-electron chi connectivity index (χ0n) is 15.9. The fourth-order valence-corrected chi connectivity index (χ4v) is 3.23. The maximum absolute atomic E-state index is 12.3. The number of hydrogen-bond donors (Lipinski definition) is 1. The average molecular weight is 435 g/mol. The molecule has 2 heterocycles. The van der Waals surface area contributed by atoms with E-state index in [1.165, 1.54) is 11.3 Å². The van der Waals surface area contributed by atoms with Crippen LogP contribution in [0.25, 0.3) is 0 Å². The lowest BCUT2D eigenvalue weighted by Crippen LogP contribution is -2.11. The molecule has 0 saturated heterocycles. The molecule has 0 aliphatic heterocycles.